The zero-order chi connectivity index (χ0) is 25.4. The molecule has 1 saturated heterocycles. The first kappa shape index (κ1) is 25.6. The van der Waals surface area contributed by atoms with Crippen molar-refractivity contribution in [1.82, 2.24) is 5.43 Å². The van der Waals surface area contributed by atoms with E-state index in [-0.39, 0.29) is 11.0 Å². The van der Waals surface area contributed by atoms with E-state index in [1.165, 1.54) is 18.3 Å². The quantitative estimate of drug-likeness (QED) is 0.301. The average Bonchev–Trinajstić information content (AvgIpc) is 2.86. The van der Waals surface area contributed by atoms with Gasteiger partial charge in [0.2, 0.25) is 0 Å². The Morgan fingerprint density at radius 3 is 2.31 bits per heavy atom. The number of hydrogen-bond acceptors (Lipinski definition) is 7. The van der Waals surface area contributed by atoms with Crippen molar-refractivity contribution in [2.75, 3.05) is 29.0 Å². The smallest absolute Gasteiger partial charge is 0.264 e. The fourth-order valence-electron chi connectivity index (χ4n) is 3.36. The van der Waals surface area contributed by atoms with Gasteiger partial charge in [-0.15, -0.1) is 0 Å². The molecule has 0 radical (unpaired) electrons. The predicted molar refractivity (Wildman–Crippen MR) is 143 cm³/mol. The number of ether oxygens (including phenoxy) is 2. The number of hydrazone groups is 1. The molecule has 36 heavy (non-hydrogen) atoms. The first-order valence-electron chi connectivity index (χ1n) is 11.4. The number of sulfonamides is 1. The van der Waals surface area contributed by atoms with Gasteiger partial charge in [-0.2, -0.15) is 16.9 Å². The molecule has 0 saturated carbocycles. The van der Waals surface area contributed by atoms with Crippen molar-refractivity contribution in [2.45, 2.75) is 17.9 Å². The van der Waals surface area contributed by atoms with Crippen LogP contribution in [0.15, 0.2) is 88.9 Å². The number of carbonyl (C=O) groups is 1. The van der Waals surface area contributed by atoms with Crippen LogP contribution in [0.2, 0.25) is 0 Å². The van der Waals surface area contributed by atoms with Gasteiger partial charge in [-0.1, -0.05) is 18.2 Å². The highest BCUT2D eigenvalue weighted by Gasteiger charge is 2.27. The Hall–Kier alpha value is -3.50. The highest BCUT2D eigenvalue weighted by Crippen LogP contribution is 2.25. The summed E-state index contributed by atoms with van der Waals surface area (Å²) in [4.78, 5) is 12.7. The molecular formula is C26H27N3O5S2. The predicted octanol–water partition coefficient (Wildman–Crippen LogP) is 3.93. The van der Waals surface area contributed by atoms with Gasteiger partial charge in [-0.05, 0) is 73.2 Å². The molecule has 1 amide bonds. The number of nitrogens with zero attached hydrogens (tertiary/aromatic N) is 2. The number of rotatable bonds is 11. The van der Waals surface area contributed by atoms with Crippen molar-refractivity contribution in [1.29, 1.82) is 0 Å². The summed E-state index contributed by atoms with van der Waals surface area (Å²) >= 11 is 1.85. The number of amides is 1. The van der Waals surface area contributed by atoms with Crippen molar-refractivity contribution >= 4 is 39.6 Å². The molecular weight excluding hydrogens is 498 g/mol. The van der Waals surface area contributed by atoms with E-state index in [4.69, 9.17) is 9.47 Å². The molecule has 188 valence electrons. The molecule has 8 nitrogen and oxygen atoms in total. The van der Waals surface area contributed by atoms with Crippen molar-refractivity contribution in [3.8, 4) is 11.5 Å². The van der Waals surface area contributed by atoms with Gasteiger partial charge in [-0.3, -0.25) is 9.10 Å². The van der Waals surface area contributed by atoms with Gasteiger partial charge in [0.15, 0.2) is 0 Å². The summed E-state index contributed by atoms with van der Waals surface area (Å²) in [6, 6.07) is 21.9. The van der Waals surface area contributed by atoms with Crippen LogP contribution in [0, 0.1) is 0 Å². The summed E-state index contributed by atoms with van der Waals surface area (Å²) in [7, 11) is -4.02. The van der Waals surface area contributed by atoms with Crippen LogP contribution in [0.3, 0.4) is 0 Å². The third kappa shape index (κ3) is 6.58. The monoisotopic (exact) mass is 525 g/mol. The maximum atomic E-state index is 13.4. The molecule has 3 aromatic carbocycles. The summed E-state index contributed by atoms with van der Waals surface area (Å²) < 4.78 is 39.1. The second kappa shape index (κ2) is 12.0. The number of hydrogen-bond donors (Lipinski definition) is 1. The topological polar surface area (TPSA) is 97.3 Å². The Morgan fingerprint density at radius 2 is 1.69 bits per heavy atom. The molecule has 0 spiro atoms. The Balaban J connectivity index is 1.43. The van der Waals surface area contributed by atoms with Crippen LogP contribution in [-0.4, -0.2) is 51.3 Å². The first-order chi connectivity index (χ1) is 17.5. The lowest BCUT2D eigenvalue weighted by Gasteiger charge is -2.25. The fraction of sp³-hybridized carbons (Fsp3) is 0.231. The van der Waals surface area contributed by atoms with Crippen LogP contribution >= 0.6 is 11.8 Å². The van der Waals surface area contributed by atoms with E-state index >= 15 is 0 Å². The minimum Gasteiger partial charge on any atom is -0.494 e. The summed E-state index contributed by atoms with van der Waals surface area (Å²) in [5.74, 6) is 2.79. The normalized spacial score (nSPS) is 13.7. The van der Waals surface area contributed by atoms with Crippen molar-refractivity contribution in [2.24, 2.45) is 5.10 Å². The number of nitrogens with one attached hydrogen (secondary N) is 1. The molecule has 1 aliphatic heterocycles. The lowest BCUT2D eigenvalue weighted by Crippen LogP contribution is -2.39. The number of anilines is 1. The van der Waals surface area contributed by atoms with E-state index in [2.05, 4.69) is 10.5 Å². The standard InChI is InChI=1S/C26H27N3O5S2/c1-2-33-22-12-14-25(15-13-22)36(31,32)29(21-6-4-3-5-7-21)17-26(30)28-27-16-20-8-10-23(11-9-20)34-24-18-35-19-24/h3-16,24H,2,17-19H2,1H3,(H,28,30)/b27-16+. The molecule has 1 heterocycles. The van der Waals surface area contributed by atoms with E-state index in [0.717, 1.165) is 27.1 Å². The summed E-state index contributed by atoms with van der Waals surface area (Å²) in [6.45, 7) is 1.88. The Labute approximate surface area is 215 Å². The number of benzene rings is 3. The highest BCUT2D eigenvalue weighted by atomic mass is 32.2. The van der Waals surface area contributed by atoms with Crippen molar-refractivity contribution in [3.63, 3.8) is 0 Å². The van der Waals surface area contributed by atoms with Gasteiger partial charge in [-0.25, -0.2) is 13.8 Å². The van der Waals surface area contributed by atoms with Crippen LogP contribution in [0.5, 0.6) is 11.5 Å². The summed E-state index contributed by atoms with van der Waals surface area (Å²) in [6.07, 6.45) is 1.76. The zero-order valence-corrected chi connectivity index (χ0v) is 21.4. The van der Waals surface area contributed by atoms with Gasteiger partial charge < -0.3 is 9.47 Å². The molecule has 1 N–H and O–H groups in total. The maximum absolute atomic E-state index is 13.4. The Morgan fingerprint density at radius 1 is 1.03 bits per heavy atom. The van der Waals surface area contributed by atoms with Crippen LogP contribution in [0.25, 0.3) is 0 Å². The van der Waals surface area contributed by atoms with E-state index < -0.39 is 22.5 Å². The van der Waals surface area contributed by atoms with Crippen molar-refractivity contribution in [3.05, 3.63) is 84.4 Å². The van der Waals surface area contributed by atoms with E-state index in [0.29, 0.717) is 18.0 Å². The van der Waals surface area contributed by atoms with Gasteiger partial charge in [0.05, 0.1) is 23.4 Å². The molecule has 0 aromatic heterocycles. The van der Waals surface area contributed by atoms with Gasteiger partial charge >= 0.3 is 0 Å². The minimum atomic E-state index is -4.02. The molecule has 4 rings (SSSR count). The molecule has 1 fully saturated rings. The molecule has 10 heteroatoms. The second-order valence-corrected chi connectivity index (χ2v) is 10.8. The van der Waals surface area contributed by atoms with Crippen molar-refractivity contribution < 1.29 is 22.7 Å². The lowest BCUT2D eigenvalue weighted by molar-refractivity contribution is -0.119. The number of para-hydroxylation sites is 1. The third-order valence-electron chi connectivity index (χ3n) is 5.25. The molecule has 3 aromatic rings. The van der Waals surface area contributed by atoms with E-state index in [1.54, 1.807) is 42.5 Å². The minimum absolute atomic E-state index is 0.0499. The second-order valence-electron chi connectivity index (χ2n) is 7.89. The van der Waals surface area contributed by atoms with Crippen LogP contribution in [0.1, 0.15) is 12.5 Å². The maximum Gasteiger partial charge on any atom is 0.264 e. The van der Waals surface area contributed by atoms with Gasteiger partial charge in [0.25, 0.3) is 15.9 Å². The Kier molecular flexibility index (Phi) is 8.50. The van der Waals surface area contributed by atoms with Crippen LogP contribution in [-0.2, 0) is 14.8 Å². The molecule has 0 atom stereocenters. The first-order valence-corrected chi connectivity index (χ1v) is 14.0. The molecule has 1 aliphatic rings. The van der Waals surface area contributed by atoms with E-state index in [1.807, 2.05) is 43.0 Å². The third-order valence-corrected chi connectivity index (χ3v) is 8.25. The van der Waals surface area contributed by atoms with Gasteiger partial charge in [0.1, 0.15) is 24.1 Å². The Bertz CT molecular complexity index is 1280. The molecule has 0 bridgehead atoms. The van der Waals surface area contributed by atoms with Crippen LogP contribution < -0.4 is 19.2 Å². The largest absolute Gasteiger partial charge is 0.494 e. The molecule has 0 unspecified atom stereocenters. The zero-order valence-electron chi connectivity index (χ0n) is 19.7. The number of thioether (sulfide) groups is 1. The SMILES string of the molecule is CCOc1ccc(S(=O)(=O)N(CC(=O)N/N=C/c2ccc(OC3CSC3)cc2)c2ccccc2)cc1. The average molecular weight is 526 g/mol. The molecule has 0 aliphatic carbocycles. The summed E-state index contributed by atoms with van der Waals surface area (Å²) in [5.41, 5.74) is 3.55. The lowest BCUT2D eigenvalue weighted by atomic mass is 10.2. The number of carbonyl (C=O) groups excluding carboxylic acids is 1. The highest BCUT2D eigenvalue weighted by molar-refractivity contribution is 8.00. The van der Waals surface area contributed by atoms with E-state index in [9.17, 15) is 13.2 Å². The van der Waals surface area contributed by atoms with Crippen LogP contribution in [0.4, 0.5) is 5.69 Å². The fourth-order valence-corrected chi connectivity index (χ4v) is 5.35. The summed E-state index contributed by atoms with van der Waals surface area (Å²) in [5, 5.41) is 3.99. The van der Waals surface area contributed by atoms with Gasteiger partial charge in [0, 0.05) is 11.5 Å².